The van der Waals surface area contributed by atoms with E-state index in [-0.39, 0.29) is 40.0 Å². The molecule has 2 aromatic rings. The van der Waals surface area contributed by atoms with Crippen LogP contribution in [0.15, 0.2) is 48.4 Å². The van der Waals surface area contributed by atoms with E-state index >= 15 is 0 Å². The van der Waals surface area contributed by atoms with Crippen LogP contribution in [0.1, 0.15) is 46.5 Å². The molecule has 1 aliphatic rings. The number of benzene rings is 2. The minimum Gasteiger partial charge on any atom is -0.488 e. The molecule has 2 aromatic carbocycles. The number of carboxylic acids is 1. The van der Waals surface area contributed by atoms with Crippen molar-refractivity contribution in [3.8, 4) is 5.75 Å². The molecule has 1 aliphatic heterocycles. The fourth-order valence-corrected chi connectivity index (χ4v) is 2.46. The summed E-state index contributed by atoms with van der Waals surface area (Å²) in [5.41, 5.74) is -0.768. The number of fused-ring (bicyclic) bond motifs is 2. The number of aliphatic carboxylic acids is 1. The van der Waals surface area contributed by atoms with E-state index < -0.39 is 81.8 Å². The number of carboxylic acid groups (broad SMARTS) is 1. The fourth-order valence-electron chi connectivity index (χ4n) is 2.46. The van der Waals surface area contributed by atoms with Gasteiger partial charge in [-0.15, -0.1) is 0 Å². The van der Waals surface area contributed by atoms with Gasteiger partial charge in [-0.3, -0.25) is 4.79 Å². The lowest BCUT2D eigenvalue weighted by atomic mass is 9.92. The first-order chi connectivity index (χ1) is 17.4. The van der Waals surface area contributed by atoms with Crippen LogP contribution in [0.2, 0.25) is 0 Å². The van der Waals surface area contributed by atoms with Gasteiger partial charge in [0.1, 0.15) is 12.4 Å². The highest BCUT2D eigenvalue weighted by atomic mass is 16.5. The maximum atomic E-state index is 11.4. The van der Waals surface area contributed by atoms with Crippen molar-refractivity contribution < 1.29 is 32.5 Å². The first-order valence-electron chi connectivity index (χ1n) is 13.9. The second-order valence-corrected chi connectivity index (χ2v) is 5.33. The Morgan fingerprint density at radius 3 is 2.96 bits per heavy atom. The molecule has 25 heavy (non-hydrogen) atoms. The summed E-state index contributed by atoms with van der Waals surface area (Å²) in [5.74, 6) is -1.70. The number of ether oxygens (including phenoxy) is 1. The van der Waals surface area contributed by atoms with E-state index in [0.29, 0.717) is 4.90 Å². The van der Waals surface area contributed by atoms with Crippen molar-refractivity contribution in [3.05, 3.63) is 70.6 Å². The third-order valence-corrected chi connectivity index (χ3v) is 3.52. The van der Waals surface area contributed by atoms with E-state index in [0.717, 1.165) is 0 Å². The van der Waals surface area contributed by atoms with Gasteiger partial charge < -0.3 is 14.7 Å². The summed E-state index contributed by atoms with van der Waals surface area (Å²) in [4.78, 5) is 11.7. The average Bonchev–Trinajstić information content (AvgIpc) is 2.96. The normalized spacial score (nSPS) is 23.1. The van der Waals surface area contributed by atoms with Crippen LogP contribution < -0.4 is 4.74 Å². The topological polar surface area (TPSA) is 49.8 Å². The number of carbonyl (C=O) groups is 1. The Labute approximate surface area is 166 Å². The van der Waals surface area contributed by atoms with Crippen molar-refractivity contribution in [1.82, 2.24) is 4.90 Å². The lowest BCUT2D eigenvalue weighted by molar-refractivity contribution is -0.136. The van der Waals surface area contributed by atoms with Gasteiger partial charge in [0.25, 0.3) is 0 Å². The summed E-state index contributed by atoms with van der Waals surface area (Å²) in [6, 6.07) is -3.81. The van der Waals surface area contributed by atoms with Crippen LogP contribution >= 0.6 is 0 Å². The molecule has 0 amide bonds. The lowest BCUT2D eigenvalue weighted by Gasteiger charge is -2.13. The van der Waals surface area contributed by atoms with E-state index in [1.54, 1.807) is 0 Å². The quantitative estimate of drug-likeness (QED) is 0.895. The largest absolute Gasteiger partial charge is 0.488 e. The van der Waals surface area contributed by atoms with E-state index in [4.69, 9.17) is 22.6 Å². The van der Waals surface area contributed by atoms with Gasteiger partial charge in [0.05, 0.1) is 16.0 Å². The van der Waals surface area contributed by atoms with Crippen LogP contribution in [-0.2, 0) is 17.8 Å². The molecule has 3 rings (SSSR count). The molecule has 0 aliphatic carbocycles. The van der Waals surface area contributed by atoms with Crippen LogP contribution in [0.4, 0.5) is 0 Å². The third-order valence-electron chi connectivity index (χ3n) is 3.52. The average molecular weight is 350 g/mol. The monoisotopic (exact) mass is 350 g/mol. The predicted molar refractivity (Wildman–Crippen MR) is 98.8 cm³/mol. The summed E-state index contributed by atoms with van der Waals surface area (Å²) in [5, 5.41) is 9.31. The molecule has 0 saturated carbocycles. The van der Waals surface area contributed by atoms with Gasteiger partial charge >= 0.3 is 5.97 Å². The van der Waals surface area contributed by atoms with Gasteiger partial charge in [-0.2, -0.15) is 0 Å². The van der Waals surface area contributed by atoms with Gasteiger partial charge in [0, 0.05) is 20.3 Å². The molecular weight excluding hydrogens is 314 g/mol. The van der Waals surface area contributed by atoms with Crippen LogP contribution in [0, 0.1) is 0 Å². The molecule has 130 valence electrons. The molecule has 0 bridgehead atoms. The Bertz CT molecular complexity index is 1320. The third kappa shape index (κ3) is 4.09. The van der Waals surface area contributed by atoms with Gasteiger partial charge in [0.15, 0.2) is 0 Å². The zero-order chi connectivity index (χ0) is 28.9. The Hall–Kier alpha value is -2.59. The van der Waals surface area contributed by atoms with Crippen LogP contribution in [0.5, 0.6) is 5.75 Å². The molecule has 0 unspecified atom stereocenters. The summed E-state index contributed by atoms with van der Waals surface area (Å²) >= 11 is 0. The smallest absolute Gasteiger partial charge is 0.307 e. The molecule has 0 atom stereocenters. The van der Waals surface area contributed by atoms with E-state index in [9.17, 15) is 9.90 Å². The van der Waals surface area contributed by atoms with Crippen molar-refractivity contribution >= 4 is 11.5 Å². The van der Waals surface area contributed by atoms with E-state index in [1.807, 2.05) is 0 Å². The maximum absolute atomic E-state index is 11.4. The highest BCUT2D eigenvalue weighted by molar-refractivity contribution is 5.85. The second-order valence-electron chi connectivity index (χ2n) is 5.33. The van der Waals surface area contributed by atoms with Crippen molar-refractivity contribution in [2.24, 2.45) is 0 Å². The minimum atomic E-state index is -2.99. The van der Waals surface area contributed by atoms with Crippen LogP contribution in [0.25, 0.3) is 5.57 Å². The summed E-state index contributed by atoms with van der Waals surface area (Å²) in [7, 11) is 0. The molecule has 4 heteroatoms. The Kier molecular flexibility index (Phi) is 2.21. The van der Waals surface area contributed by atoms with Gasteiger partial charge in [-0.1, -0.05) is 36.3 Å². The van der Waals surface area contributed by atoms with Gasteiger partial charge in [-0.05, 0) is 54.7 Å². The fraction of sp³-hybridized carbons (Fsp3) is 0.286. The highest BCUT2D eigenvalue weighted by Gasteiger charge is 2.19. The van der Waals surface area contributed by atoms with Crippen molar-refractivity contribution in [2.75, 3.05) is 20.5 Å². The van der Waals surface area contributed by atoms with E-state index in [2.05, 4.69) is 0 Å². The summed E-state index contributed by atoms with van der Waals surface area (Å²) in [6.45, 7) is -6.97. The molecule has 0 fully saturated rings. The first kappa shape index (κ1) is 7.34. The van der Waals surface area contributed by atoms with Crippen LogP contribution in [-0.4, -0.2) is 36.5 Å². The van der Waals surface area contributed by atoms with Crippen LogP contribution in [0.3, 0.4) is 0 Å². The first-order valence-corrected chi connectivity index (χ1v) is 7.44. The molecule has 1 heterocycles. The lowest BCUT2D eigenvalue weighted by Crippen LogP contribution is -2.12. The Morgan fingerprint density at radius 1 is 1.32 bits per heavy atom. The molecule has 0 spiro atoms. The predicted octanol–water partition coefficient (Wildman–Crippen LogP) is 3.59. The van der Waals surface area contributed by atoms with Crippen molar-refractivity contribution in [1.29, 1.82) is 0 Å². The summed E-state index contributed by atoms with van der Waals surface area (Å²) in [6.07, 6.45) is 0.218. The van der Waals surface area contributed by atoms with Gasteiger partial charge in [0.2, 0.25) is 0 Å². The number of hydrogen-bond donors (Lipinski definition) is 1. The molecule has 0 radical (unpaired) electrons. The molecule has 0 aromatic heterocycles. The second kappa shape index (κ2) is 7.53. The van der Waals surface area contributed by atoms with Crippen molar-refractivity contribution in [3.63, 3.8) is 0 Å². The maximum Gasteiger partial charge on any atom is 0.307 e. The highest BCUT2D eigenvalue weighted by Crippen LogP contribution is 2.37. The zero-order valence-electron chi connectivity index (χ0n) is 26.1. The number of rotatable bonds is 5. The SMILES string of the molecule is [2H]c1c([2H])c([2H])c2c(c1[2H])COc1c([2H])c([2H])c(CC(=O)O)c([2H])c1/C2=C/CCN(C([2H])([2H])[2H])C([2H])([2H])[2H]. The summed E-state index contributed by atoms with van der Waals surface area (Å²) < 4.78 is 109. The van der Waals surface area contributed by atoms with Gasteiger partial charge in [-0.25, -0.2) is 0 Å². The molecular formula is C21H23NO3. The van der Waals surface area contributed by atoms with Crippen molar-refractivity contribution in [2.45, 2.75) is 19.4 Å². The Morgan fingerprint density at radius 2 is 2.16 bits per heavy atom. The standard InChI is InChI=1S/C21H23NO3/c1-22(2)11-5-8-18-17-7-4-3-6-16(17)14-25-20-10-9-15(12-19(18)20)13-21(23)24/h3-4,6-10,12H,5,11,13-14H2,1-2H3,(H,23,24)/b18-8+/i1D3,2D3,3D,4D,6D,7D,9D,10D,12D. The molecule has 0 saturated heterocycles. The van der Waals surface area contributed by atoms with E-state index in [1.165, 1.54) is 6.08 Å². The molecule has 1 N–H and O–H groups in total. The number of nitrogens with zero attached hydrogens (tertiary/aromatic N) is 1. The Balaban J connectivity index is 2.36. The molecule has 4 nitrogen and oxygen atoms in total. The number of hydrogen-bond acceptors (Lipinski definition) is 3. The zero-order valence-corrected chi connectivity index (χ0v) is 13.1. The minimum absolute atomic E-state index is 0.0351.